The summed E-state index contributed by atoms with van der Waals surface area (Å²) in [5.41, 5.74) is 1.92. The van der Waals surface area contributed by atoms with E-state index in [9.17, 15) is 4.79 Å². The first-order valence-corrected chi connectivity index (χ1v) is 6.66. The molecular formula is C15H20N2O3. The lowest BCUT2D eigenvalue weighted by atomic mass is 10.0. The molecule has 1 N–H and O–H groups in total. The Balaban J connectivity index is 2.58. The molecule has 0 saturated carbocycles. The number of methoxy groups -OCH3 is 1. The summed E-state index contributed by atoms with van der Waals surface area (Å²) in [6.07, 6.45) is 0. The zero-order chi connectivity index (χ0) is 14.9. The maximum absolute atomic E-state index is 11.0. The van der Waals surface area contributed by atoms with Gasteiger partial charge in [0.05, 0.1) is 29.2 Å². The van der Waals surface area contributed by atoms with Crippen molar-refractivity contribution in [3.8, 4) is 0 Å². The highest BCUT2D eigenvalue weighted by Gasteiger charge is 2.20. The minimum atomic E-state index is -0.934. The minimum Gasteiger partial charge on any atom is -0.478 e. The van der Waals surface area contributed by atoms with Crippen molar-refractivity contribution in [3.05, 3.63) is 29.6 Å². The molecule has 0 radical (unpaired) electrons. The van der Waals surface area contributed by atoms with E-state index in [1.807, 2.05) is 13.0 Å². The second-order valence-electron chi connectivity index (χ2n) is 5.30. The van der Waals surface area contributed by atoms with Gasteiger partial charge in [-0.15, -0.1) is 0 Å². The summed E-state index contributed by atoms with van der Waals surface area (Å²) in [6, 6.07) is 5.24. The van der Waals surface area contributed by atoms with Gasteiger partial charge in [-0.3, -0.25) is 0 Å². The molecule has 0 aliphatic carbocycles. The molecule has 2 rings (SSSR count). The van der Waals surface area contributed by atoms with Crippen molar-refractivity contribution in [3.63, 3.8) is 0 Å². The van der Waals surface area contributed by atoms with Crippen molar-refractivity contribution in [2.24, 2.45) is 5.92 Å². The van der Waals surface area contributed by atoms with Crippen LogP contribution in [-0.4, -0.2) is 34.3 Å². The largest absolute Gasteiger partial charge is 0.478 e. The molecule has 1 unspecified atom stereocenters. The quantitative estimate of drug-likeness (QED) is 0.912. The van der Waals surface area contributed by atoms with Crippen LogP contribution in [0.15, 0.2) is 18.2 Å². The fourth-order valence-electron chi connectivity index (χ4n) is 2.51. The second kappa shape index (κ2) is 5.63. The highest BCUT2D eigenvalue weighted by molar-refractivity contribution is 5.92. The van der Waals surface area contributed by atoms with Gasteiger partial charge in [0.15, 0.2) is 0 Å². The Hall–Kier alpha value is -1.88. The number of hydrogen-bond acceptors (Lipinski definition) is 3. The molecule has 0 aliphatic rings. The topological polar surface area (TPSA) is 64.4 Å². The number of benzene rings is 1. The van der Waals surface area contributed by atoms with E-state index in [1.54, 1.807) is 19.2 Å². The fourth-order valence-corrected chi connectivity index (χ4v) is 2.51. The van der Waals surface area contributed by atoms with Crippen LogP contribution < -0.4 is 0 Å². The summed E-state index contributed by atoms with van der Waals surface area (Å²) in [5, 5.41) is 9.05. The van der Waals surface area contributed by atoms with Gasteiger partial charge in [-0.05, 0) is 31.0 Å². The average Bonchev–Trinajstić information content (AvgIpc) is 2.70. The first-order chi connectivity index (χ1) is 9.45. The van der Waals surface area contributed by atoms with Gasteiger partial charge in [-0.1, -0.05) is 13.8 Å². The van der Waals surface area contributed by atoms with Gasteiger partial charge in [0.1, 0.15) is 5.82 Å². The lowest BCUT2D eigenvalue weighted by Gasteiger charge is -2.24. The summed E-state index contributed by atoms with van der Waals surface area (Å²) < 4.78 is 7.45. The number of aryl methyl sites for hydroxylation is 1. The number of carboxylic acids is 1. The molecule has 0 aliphatic heterocycles. The monoisotopic (exact) mass is 276 g/mol. The van der Waals surface area contributed by atoms with Crippen molar-refractivity contribution in [1.82, 2.24) is 9.55 Å². The van der Waals surface area contributed by atoms with Crippen LogP contribution in [-0.2, 0) is 4.74 Å². The normalized spacial score (nSPS) is 13.1. The van der Waals surface area contributed by atoms with Gasteiger partial charge in [-0.25, -0.2) is 9.78 Å². The zero-order valence-corrected chi connectivity index (χ0v) is 12.3. The first kappa shape index (κ1) is 14.5. The third-order valence-corrected chi connectivity index (χ3v) is 3.55. The number of aromatic nitrogens is 2. The highest BCUT2D eigenvalue weighted by Crippen LogP contribution is 2.27. The third-order valence-electron chi connectivity index (χ3n) is 3.55. The number of rotatable bonds is 5. The molecule has 0 bridgehead atoms. The van der Waals surface area contributed by atoms with Crippen LogP contribution in [0.5, 0.6) is 0 Å². The Morgan fingerprint density at radius 1 is 1.45 bits per heavy atom. The smallest absolute Gasteiger partial charge is 0.335 e. The summed E-state index contributed by atoms with van der Waals surface area (Å²) >= 11 is 0. The number of ether oxygens (including phenoxy) is 1. The number of aromatic carboxylic acids is 1. The van der Waals surface area contributed by atoms with Gasteiger partial charge >= 0.3 is 5.97 Å². The van der Waals surface area contributed by atoms with E-state index in [4.69, 9.17) is 9.84 Å². The van der Waals surface area contributed by atoms with Crippen molar-refractivity contribution < 1.29 is 14.6 Å². The summed E-state index contributed by atoms with van der Waals surface area (Å²) in [7, 11) is 1.69. The molecule has 1 atom stereocenters. The number of carbonyl (C=O) groups is 1. The number of imidazole rings is 1. The Kier molecular flexibility index (Phi) is 4.09. The predicted molar refractivity (Wildman–Crippen MR) is 77.2 cm³/mol. The molecule has 5 heteroatoms. The highest BCUT2D eigenvalue weighted by atomic mass is 16.5. The molecule has 1 aromatic heterocycles. The molecular weight excluding hydrogens is 256 g/mol. The average molecular weight is 276 g/mol. The fraction of sp³-hybridized carbons (Fsp3) is 0.467. The van der Waals surface area contributed by atoms with Gasteiger partial charge in [0.25, 0.3) is 0 Å². The first-order valence-electron chi connectivity index (χ1n) is 6.66. The number of fused-ring (bicyclic) bond motifs is 1. The minimum absolute atomic E-state index is 0.181. The Morgan fingerprint density at radius 2 is 2.15 bits per heavy atom. The van der Waals surface area contributed by atoms with Crippen LogP contribution in [0, 0.1) is 12.8 Å². The number of carboxylic acid groups (broad SMARTS) is 1. The molecule has 0 amide bonds. The van der Waals surface area contributed by atoms with E-state index >= 15 is 0 Å². The molecule has 1 heterocycles. The van der Waals surface area contributed by atoms with E-state index in [0.29, 0.717) is 18.0 Å². The van der Waals surface area contributed by atoms with Crippen LogP contribution in [0.25, 0.3) is 11.0 Å². The summed E-state index contributed by atoms with van der Waals surface area (Å²) in [6.45, 7) is 6.82. The van der Waals surface area contributed by atoms with Crippen molar-refractivity contribution in [2.45, 2.75) is 26.8 Å². The maximum Gasteiger partial charge on any atom is 0.335 e. The lowest BCUT2D eigenvalue weighted by Crippen LogP contribution is -2.21. The van der Waals surface area contributed by atoms with Crippen molar-refractivity contribution in [1.29, 1.82) is 0 Å². The van der Waals surface area contributed by atoms with Gasteiger partial charge in [-0.2, -0.15) is 0 Å². The van der Waals surface area contributed by atoms with Crippen LogP contribution >= 0.6 is 0 Å². The molecule has 0 spiro atoms. The molecule has 5 nitrogen and oxygen atoms in total. The number of nitrogens with zero attached hydrogens (tertiary/aromatic N) is 2. The van der Waals surface area contributed by atoms with E-state index in [0.717, 1.165) is 11.3 Å². The Bertz CT molecular complexity index is 631. The predicted octanol–water partition coefficient (Wildman–Crippen LogP) is 2.89. The lowest BCUT2D eigenvalue weighted by molar-refractivity contribution is 0.0697. The second-order valence-corrected chi connectivity index (χ2v) is 5.30. The van der Waals surface area contributed by atoms with Crippen molar-refractivity contribution >= 4 is 17.0 Å². The van der Waals surface area contributed by atoms with Crippen LogP contribution in [0.2, 0.25) is 0 Å². The molecule has 20 heavy (non-hydrogen) atoms. The Morgan fingerprint density at radius 3 is 2.70 bits per heavy atom. The third kappa shape index (κ3) is 2.54. The van der Waals surface area contributed by atoms with E-state index < -0.39 is 5.97 Å². The van der Waals surface area contributed by atoms with E-state index in [2.05, 4.69) is 23.4 Å². The van der Waals surface area contributed by atoms with Crippen LogP contribution in [0.3, 0.4) is 0 Å². The van der Waals surface area contributed by atoms with Gasteiger partial charge < -0.3 is 14.4 Å². The molecule has 108 valence electrons. The van der Waals surface area contributed by atoms with Crippen LogP contribution in [0.1, 0.15) is 36.1 Å². The summed E-state index contributed by atoms with van der Waals surface area (Å²) in [5.74, 6) is 0.333. The molecule has 0 saturated heterocycles. The van der Waals surface area contributed by atoms with Gasteiger partial charge in [0.2, 0.25) is 0 Å². The molecule has 1 aromatic carbocycles. The Labute approximate surface area is 118 Å². The summed E-state index contributed by atoms with van der Waals surface area (Å²) in [4.78, 5) is 15.5. The van der Waals surface area contributed by atoms with Crippen molar-refractivity contribution in [2.75, 3.05) is 13.7 Å². The SMILES string of the molecule is COCC(C(C)C)n1c(C)nc2cc(C(=O)O)ccc21. The zero-order valence-electron chi connectivity index (χ0n) is 12.3. The molecule has 0 fully saturated rings. The molecule has 2 aromatic rings. The maximum atomic E-state index is 11.0. The van der Waals surface area contributed by atoms with E-state index in [1.165, 1.54) is 0 Å². The standard InChI is InChI=1S/C15H20N2O3/c1-9(2)14(8-20-4)17-10(3)16-12-7-11(15(18)19)5-6-13(12)17/h5-7,9,14H,8H2,1-4H3,(H,18,19). The number of hydrogen-bond donors (Lipinski definition) is 1. The van der Waals surface area contributed by atoms with E-state index in [-0.39, 0.29) is 11.6 Å². The van der Waals surface area contributed by atoms with Crippen LogP contribution in [0.4, 0.5) is 0 Å². The van der Waals surface area contributed by atoms with Gasteiger partial charge in [0, 0.05) is 7.11 Å².